The molecule has 2 aromatic carbocycles. The van der Waals surface area contributed by atoms with Gasteiger partial charge in [-0.2, -0.15) is 10.6 Å². The van der Waals surface area contributed by atoms with Gasteiger partial charge < -0.3 is 15.7 Å². The van der Waals surface area contributed by atoms with E-state index in [1.54, 1.807) is 0 Å². The van der Waals surface area contributed by atoms with Gasteiger partial charge in [0, 0.05) is 17.5 Å². The van der Waals surface area contributed by atoms with Crippen LogP contribution in [-0.2, 0) is 29.8 Å². The van der Waals surface area contributed by atoms with Crippen molar-refractivity contribution in [1.29, 1.82) is 0 Å². The molecule has 37 heavy (non-hydrogen) atoms. The van der Waals surface area contributed by atoms with Crippen molar-refractivity contribution in [3.63, 3.8) is 0 Å². The van der Waals surface area contributed by atoms with Crippen LogP contribution in [0.25, 0.3) is 0 Å². The molecule has 1 aromatic heterocycles. The first-order valence-electron chi connectivity index (χ1n) is 12.2. The highest BCUT2D eigenvalue weighted by atomic mass is 32.3. The summed E-state index contributed by atoms with van der Waals surface area (Å²) < 4.78 is 48.6. The molecular weight excluding hydrogens is 518 g/mol. The van der Waals surface area contributed by atoms with E-state index in [4.69, 9.17) is 0 Å². The van der Waals surface area contributed by atoms with Crippen molar-refractivity contribution in [3.05, 3.63) is 92.7 Å². The zero-order chi connectivity index (χ0) is 26.6. The Morgan fingerprint density at radius 2 is 1.89 bits per heavy atom. The molecule has 0 radical (unpaired) electrons. The largest absolute Gasteiger partial charge is 0.390 e. The van der Waals surface area contributed by atoms with E-state index in [0.717, 1.165) is 34.1 Å². The van der Waals surface area contributed by atoms with Crippen molar-refractivity contribution in [2.75, 3.05) is 12.3 Å². The number of aryl methyl sites for hydroxylation is 1. The summed E-state index contributed by atoms with van der Waals surface area (Å²) in [6.07, 6.45) is -0.131. The van der Waals surface area contributed by atoms with Crippen LogP contribution in [-0.4, -0.2) is 44.6 Å². The molecule has 0 fully saturated rings. The summed E-state index contributed by atoms with van der Waals surface area (Å²) in [6, 6.07) is 11.5. The van der Waals surface area contributed by atoms with Gasteiger partial charge in [-0.05, 0) is 58.7 Å². The predicted octanol–water partition coefficient (Wildman–Crippen LogP) is 4.81. The van der Waals surface area contributed by atoms with E-state index >= 15 is 0 Å². The predicted molar refractivity (Wildman–Crippen MR) is 144 cm³/mol. The molecule has 2 heterocycles. The van der Waals surface area contributed by atoms with Gasteiger partial charge >= 0.3 is 0 Å². The van der Waals surface area contributed by atoms with Crippen LogP contribution in [0.2, 0.25) is 0 Å². The fourth-order valence-electron chi connectivity index (χ4n) is 4.65. The highest BCUT2D eigenvalue weighted by Crippen LogP contribution is 2.50. The van der Waals surface area contributed by atoms with Crippen LogP contribution in [0.4, 0.5) is 8.78 Å². The van der Waals surface area contributed by atoms with Gasteiger partial charge in [0.1, 0.15) is 11.6 Å². The Balaban J connectivity index is 1.50. The first-order valence-corrected chi connectivity index (χ1v) is 14.9. The van der Waals surface area contributed by atoms with Crippen LogP contribution in [0.15, 0.2) is 53.9 Å². The van der Waals surface area contributed by atoms with Crippen molar-refractivity contribution in [2.24, 2.45) is 0 Å². The van der Waals surface area contributed by atoms with E-state index in [2.05, 4.69) is 10.6 Å². The first kappa shape index (κ1) is 27.7. The zero-order valence-electron chi connectivity index (χ0n) is 20.5. The fourth-order valence-corrected chi connectivity index (χ4v) is 7.07. The second-order valence-electron chi connectivity index (χ2n) is 9.44. The number of rotatable bonds is 10. The lowest BCUT2D eigenvalue weighted by atomic mass is 9.97. The summed E-state index contributed by atoms with van der Waals surface area (Å²) in [4.78, 5) is 13.6. The molecule has 3 aromatic rings. The van der Waals surface area contributed by atoms with Crippen LogP contribution in [0, 0.1) is 11.6 Å². The Morgan fingerprint density at radius 1 is 1.14 bits per heavy atom. The molecule has 0 saturated carbocycles. The molecule has 4 rings (SSSR count). The van der Waals surface area contributed by atoms with Gasteiger partial charge in [0.25, 0.3) is 0 Å². The lowest BCUT2D eigenvalue weighted by molar-refractivity contribution is -0.121. The summed E-state index contributed by atoms with van der Waals surface area (Å²) in [5.74, 6) is -1.47. The Kier molecular flexibility index (Phi) is 8.99. The minimum Gasteiger partial charge on any atom is -0.390 e. The number of fused-ring (bicyclic) bond motifs is 1. The monoisotopic (exact) mass is 550 g/mol. The molecule has 0 unspecified atom stereocenters. The van der Waals surface area contributed by atoms with E-state index in [1.807, 2.05) is 42.6 Å². The van der Waals surface area contributed by atoms with Crippen LogP contribution in [0.1, 0.15) is 40.1 Å². The Morgan fingerprint density at radius 3 is 2.57 bits per heavy atom. The van der Waals surface area contributed by atoms with Gasteiger partial charge in [0.2, 0.25) is 5.91 Å². The minimum atomic E-state index is -2.84. The third-order valence-electron chi connectivity index (χ3n) is 6.49. The van der Waals surface area contributed by atoms with Gasteiger partial charge in [-0.3, -0.25) is 13.9 Å². The zero-order valence-corrected chi connectivity index (χ0v) is 22.1. The van der Waals surface area contributed by atoms with E-state index in [-0.39, 0.29) is 36.8 Å². The molecule has 6 nitrogen and oxygen atoms in total. The molecule has 0 bridgehead atoms. The Bertz CT molecular complexity index is 1200. The van der Waals surface area contributed by atoms with Crippen molar-refractivity contribution in [1.82, 2.24) is 10.6 Å². The molecule has 10 heteroatoms. The van der Waals surface area contributed by atoms with Gasteiger partial charge in [-0.15, -0.1) is 11.3 Å². The normalized spacial score (nSPS) is 19.0. The molecule has 200 valence electrons. The lowest BCUT2D eigenvalue weighted by Crippen LogP contribution is -2.50. The molecule has 1 aliphatic heterocycles. The lowest BCUT2D eigenvalue weighted by Gasteiger charge is -2.42. The number of hydrogen-bond donors (Lipinski definition) is 5. The molecule has 3 atom stereocenters. The molecular formula is C27H32F2N2O4S2. The molecule has 0 aliphatic carbocycles. The standard InChI is InChI=1S/C27H32F2N2O4S2/c1-2-17-5-6-19-15-37(34,35)16-25(23(19)10-17)30-14-26(32)24(11-18-8-20(28)12-21(29)9-18)31-27(33)13-22-4-3-7-36-22/h3-10,12,24-26,30,32,34-35H,2,11,13-16H2,1H3,(H,31,33)/t24-,25-,26-/m0/s1. The quantitative estimate of drug-likeness (QED) is 0.249. The maximum absolute atomic E-state index is 13.8. The SMILES string of the molecule is CCc1ccc2c(c1)[C@@H](NC[C@H](O)[C@H](Cc1cc(F)cc(F)c1)NC(=O)Cc1cccs1)CS(O)(O)C2. The van der Waals surface area contributed by atoms with E-state index in [9.17, 15) is 27.8 Å². The van der Waals surface area contributed by atoms with Crippen LogP contribution >= 0.6 is 21.9 Å². The van der Waals surface area contributed by atoms with Crippen molar-refractivity contribution in [2.45, 2.75) is 50.1 Å². The molecule has 1 amide bonds. The number of aliphatic hydroxyl groups is 1. The minimum absolute atomic E-state index is 0.0180. The van der Waals surface area contributed by atoms with Crippen LogP contribution in [0.5, 0.6) is 0 Å². The average Bonchev–Trinajstić information content (AvgIpc) is 3.33. The summed E-state index contributed by atoms with van der Waals surface area (Å²) in [5.41, 5.74) is 3.24. The highest BCUT2D eigenvalue weighted by Gasteiger charge is 2.31. The van der Waals surface area contributed by atoms with E-state index in [0.29, 0.717) is 5.56 Å². The summed E-state index contributed by atoms with van der Waals surface area (Å²) in [7, 11) is -2.84. The van der Waals surface area contributed by atoms with E-state index < -0.39 is 40.4 Å². The smallest absolute Gasteiger partial charge is 0.225 e. The van der Waals surface area contributed by atoms with Gasteiger partial charge in [0.05, 0.1) is 36.1 Å². The second kappa shape index (κ2) is 12.0. The van der Waals surface area contributed by atoms with Crippen molar-refractivity contribution < 1.29 is 27.8 Å². The number of aliphatic hydroxyl groups excluding tert-OH is 1. The highest BCUT2D eigenvalue weighted by molar-refractivity contribution is 8.23. The topological polar surface area (TPSA) is 102 Å². The third-order valence-corrected chi connectivity index (χ3v) is 9.01. The van der Waals surface area contributed by atoms with Gasteiger partial charge in [-0.25, -0.2) is 8.78 Å². The molecule has 0 saturated heterocycles. The van der Waals surface area contributed by atoms with E-state index in [1.165, 1.54) is 23.5 Å². The number of carbonyl (C=O) groups is 1. The summed E-state index contributed by atoms with van der Waals surface area (Å²) >= 11 is 1.44. The summed E-state index contributed by atoms with van der Waals surface area (Å²) in [6.45, 7) is 2.07. The van der Waals surface area contributed by atoms with Crippen molar-refractivity contribution >= 4 is 27.8 Å². The summed E-state index contributed by atoms with van der Waals surface area (Å²) in [5, 5.41) is 19.0. The fraction of sp³-hybridized carbons (Fsp3) is 0.370. The molecule has 1 aliphatic rings. The maximum Gasteiger partial charge on any atom is 0.225 e. The number of nitrogens with one attached hydrogen (secondary N) is 2. The van der Waals surface area contributed by atoms with Gasteiger partial charge in [0.15, 0.2) is 0 Å². The number of carbonyl (C=O) groups excluding carboxylic acids is 1. The Labute approximate surface area is 221 Å². The number of benzene rings is 2. The van der Waals surface area contributed by atoms with Crippen molar-refractivity contribution in [3.8, 4) is 0 Å². The van der Waals surface area contributed by atoms with Gasteiger partial charge in [-0.1, -0.05) is 31.2 Å². The third kappa shape index (κ3) is 7.59. The Hall–Kier alpha value is -2.34. The first-order chi connectivity index (χ1) is 17.6. The van der Waals surface area contributed by atoms with Crippen LogP contribution < -0.4 is 10.6 Å². The molecule has 5 N–H and O–H groups in total. The number of halogens is 2. The number of amides is 1. The second-order valence-corrected chi connectivity index (χ2v) is 12.7. The van der Waals surface area contributed by atoms with Crippen LogP contribution in [0.3, 0.4) is 0 Å². The molecule has 0 spiro atoms. The average molecular weight is 551 g/mol. The number of thiophene rings is 1. The number of hydrogen-bond acceptors (Lipinski definition) is 6. The maximum atomic E-state index is 13.8.